The molecule has 200 valence electrons. The molecule has 2 heterocycles. The van der Waals surface area contributed by atoms with Gasteiger partial charge in [-0.3, -0.25) is 0 Å². The van der Waals surface area contributed by atoms with E-state index in [1.54, 1.807) is 0 Å². The van der Waals surface area contributed by atoms with Crippen LogP contribution in [0.5, 0.6) is 0 Å². The van der Waals surface area contributed by atoms with Gasteiger partial charge in [0.25, 0.3) is 0 Å². The highest BCUT2D eigenvalue weighted by Gasteiger charge is 2.19. The summed E-state index contributed by atoms with van der Waals surface area (Å²) in [6.07, 6.45) is 6.85. The number of aromatic nitrogens is 1. The van der Waals surface area contributed by atoms with Gasteiger partial charge in [0.05, 0.1) is 10.2 Å². The lowest BCUT2D eigenvalue weighted by atomic mass is 9.90. The van der Waals surface area contributed by atoms with E-state index in [1.807, 2.05) is 11.3 Å². The summed E-state index contributed by atoms with van der Waals surface area (Å²) in [5, 5.41) is 5.23. The summed E-state index contributed by atoms with van der Waals surface area (Å²) < 4.78 is 2.65. The number of nitrogens with one attached hydrogen (secondary N) is 1. The van der Waals surface area contributed by atoms with Gasteiger partial charge < -0.3 is 4.98 Å². The highest BCUT2D eigenvalue weighted by molar-refractivity contribution is 7.26. The molecule has 0 bridgehead atoms. The van der Waals surface area contributed by atoms with Crippen molar-refractivity contribution < 1.29 is 1.43 Å². The van der Waals surface area contributed by atoms with Crippen LogP contribution in [0.1, 0.15) is 19.0 Å². The van der Waals surface area contributed by atoms with E-state index in [0.717, 1.165) is 12.8 Å². The quantitative estimate of drug-likeness (QED) is 0.223. The van der Waals surface area contributed by atoms with Gasteiger partial charge in [-0.05, 0) is 93.7 Å². The highest BCUT2D eigenvalue weighted by atomic mass is 32.1. The van der Waals surface area contributed by atoms with Crippen molar-refractivity contribution in [3.8, 4) is 33.4 Å². The van der Waals surface area contributed by atoms with E-state index >= 15 is 0 Å². The highest BCUT2D eigenvalue weighted by Crippen LogP contribution is 2.47. The number of hydrogen-bond donors (Lipinski definition) is 1. The third kappa shape index (κ3) is 3.69. The van der Waals surface area contributed by atoms with Gasteiger partial charge in [-0.25, -0.2) is 0 Å². The zero-order valence-corrected chi connectivity index (χ0v) is 23.8. The SMILES string of the molecule is C1=Cc2cc(-c3cc4c5cc(-c6ccccc6)ccc5[nH]c4c4sc5ccc(-c6ccccc6)cc5c34)ccc2CC1.[HH]. The lowest BCUT2D eigenvalue weighted by Crippen LogP contribution is -1.94. The van der Waals surface area contributed by atoms with Crippen LogP contribution >= 0.6 is 11.3 Å². The molecule has 0 spiro atoms. The largest absolute Gasteiger partial charge is 0.353 e. The first-order chi connectivity index (χ1) is 20.8. The monoisotopic (exact) mass is 555 g/mol. The molecule has 42 heavy (non-hydrogen) atoms. The van der Waals surface area contributed by atoms with Crippen LogP contribution in [0.2, 0.25) is 0 Å². The Labute approximate surface area is 249 Å². The van der Waals surface area contributed by atoms with Crippen molar-refractivity contribution in [1.82, 2.24) is 4.98 Å². The van der Waals surface area contributed by atoms with E-state index in [0.29, 0.717) is 0 Å². The molecule has 1 aliphatic carbocycles. The number of aryl methyl sites for hydroxylation is 1. The molecule has 0 aliphatic heterocycles. The van der Waals surface area contributed by atoms with Gasteiger partial charge in [0.15, 0.2) is 0 Å². The second kappa shape index (κ2) is 9.30. The van der Waals surface area contributed by atoms with E-state index in [4.69, 9.17) is 0 Å². The summed E-state index contributed by atoms with van der Waals surface area (Å²) in [6, 6.07) is 44.8. The molecule has 0 radical (unpaired) electrons. The molecule has 2 aromatic heterocycles. The molecule has 6 aromatic carbocycles. The number of H-pyrrole nitrogens is 1. The first kappa shape index (κ1) is 23.8. The third-order valence-corrected chi connectivity index (χ3v) is 10.0. The van der Waals surface area contributed by atoms with Crippen LogP contribution in [-0.4, -0.2) is 4.98 Å². The molecule has 0 unspecified atom stereocenters. The number of rotatable bonds is 3. The van der Waals surface area contributed by atoms with Crippen LogP contribution in [0.3, 0.4) is 0 Å². The molecule has 0 fully saturated rings. The summed E-state index contributed by atoms with van der Waals surface area (Å²) in [7, 11) is 0. The summed E-state index contributed by atoms with van der Waals surface area (Å²) in [5.41, 5.74) is 12.8. The smallest absolute Gasteiger partial charge is 0.0646 e. The minimum absolute atomic E-state index is 0. The van der Waals surface area contributed by atoms with E-state index in [2.05, 4.69) is 138 Å². The topological polar surface area (TPSA) is 15.8 Å². The maximum Gasteiger partial charge on any atom is 0.0646 e. The van der Waals surface area contributed by atoms with Gasteiger partial charge in [-0.1, -0.05) is 97.1 Å². The van der Waals surface area contributed by atoms with Gasteiger partial charge in [-0.15, -0.1) is 11.3 Å². The fourth-order valence-corrected chi connectivity index (χ4v) is 7.95. The van der Waals surface area contributed by atoms with Crippen LogP contribution in [0.15, 0.2) is 127 Å². The van der Waals surface area contributed by atoms with Crippen molar-refractivity contribution in [3.63, 3.8) is 0 Å². The molecule has 0 saturated carbocycles. The number of allylic oxidation sites excluding steroid dienone is 1. The molecule has 8 aromatic rings. The Morgan fingerprint density at radius 1 is 0.595 bits per heavy atom. The van der Waals surface area contributed by atoms with Gasteiger partial charge in [0.2, 0.25) is 0 Å². The van der Waals surface area contributed by atoms with Gasteiger partial charge in [0.1, 0.15) is 0 Å². The predicted octanol–water partition coefficient (Wildman–Crippen LogP) is 11.9. The minimum atomic E-state index is 0. The number of hydrogen-bond acceptors (Lipinski definition) is 1. The fourth-order valence-electron chi connectivity index (χ4n) is 6.74. The predicted molar refractivity (Wildman–Crippen MR) is 184 cm³/mol. The Balaban J connectivity index is 0.00000278. The molecule has 0 atom stereocenters. The molecular weight excluding hydrogens is 527 g/mol. The van der Waals surface area contributed by atoms with Crippen LogP contribution in [-0.2, 0) is 6.42 Å². The molecule has 0 amide bonds. The van der Waals surface area contributed by atoms with Crippen molar-refractivity contribution in [2.75, 3.05) is 0 Å². The van der Waals surface area contributed by atoms with Crippen LogP contribution in [0, 0.1) is 0 Å². The standard InChI is InChI=1S/C40H27NS.H2/c1-3-9-25(10-4-1)29-17-19-36-33(22-29)34-24-32(31-16-15-27-13-7-8-14-28(27)21-31)38-35-23-30(26-11-5-2-6-12-26)18-20-37(35)42-40(38)39(34)41-36;/h1-6,8-12,14-24,41H,7,13H2;1H. The van der Waals surface area contributed by atoms with E-state index in [1.165, 1.54) is 86.5 Å². The Morgan fingerprint density at radius 3 is 2.10 bits per heavy atom. The Kier molecular flexibility index (Phi) is 5.26. The van der Waals surface area contributed by atoms with Crippen LogP contribution in [0.25, 0.3) is 81.4 Å². The maximum atomic E-state index is 3.83. The minimum Gasteiger partial charge on any atom is -0.353 e. The van der Waals surface area contributed by atoms with Gasteiger partial charge in [-0.2, -0.15) is 0 Å². The van der Waals surface area contributed by atoms with E-state index in [9.17, 15) is 0 Å². The third-order valence-electron chi connectivity index (χ3n) is 8.86. The number of aromatic amines is 1. The molecule has 0 saturated heterocycles. The Hall–Kier alpha value is -4.92. The van der Waals surface area contributed by atoms with Crippen molar-refractivity contribution in [3.05, 3.63) is 139 Å². The summed E-state index contributed by atoms with van der Waals surface area (Å²) in [5.74, 6) is 0. The van der Waals surface area contributed by atoms with Crippen LogP contribution in [0.4, 0.5) is 0 Å². The van der Waals surface area contributed by atoms with Crippen LogP contribution < -0.4 is 0 Å². The van der Waals surface area contributed by atoms with Crippen molar-refractivity contribution in [2.24, 2.45) is 0 Å². The average molecular weight is 556 g/mol. The first-order valence-electron chi connectivity index (χ1n) is 14.7. The second-order valence-electron chi connectivity index (χ2n) is 11.3. The van der Waals surface area contributed by atoms with E-state index in [-0.39, 0.29) is 1.43 Å². The van der Waals surface area contributed by atoms with Gasteiger partial charge in [0, 0.05) is 33.2 Å². The van der Waals surface area contributed by atoms with Gasteiger partial charge >= 0.3 is 0 Å². The lowest BCUT2D eigenvalue weighted by Gasteiger charge is -2.13. The molecule has 2 heteroatoms. The van der Waals surface area contributed by atoms with E-state index < -0.39 is 0 Å². The zero-order chi connectivity index (χ0) is 27.6. The number of thiophene rings is 1. The second-order valence-corrected chi connectivity index (χ2v) is 12.4. The normalized spacial score (nSPS) is 13.0. The lowest BCUT2D eigenvalue weighted by molar-refractivity contribution is 0.986. The molecule has 1 nitrogen and oxygen atoms in total. The number of fused-ring (bicyclic) bond motifs is 8. The summed E-state index contributed by atoms with van der Waals surface area (Å²) in [6.45, 7) is 0. The summed E-state index contributed by atoms with van der Waals surface area (Å²) >= 11 is 1.90. The molecular formula is C40H29NS. The Bertz CT molecular complexity index is 2340. The van der Waals surface area contributed by atoms with Crippen molar-refractivity contribution >= 4 is 59.4 Å². The molecule has 9 rings (SSSR count). The maximum absolute atomic E-state index is 3.83. The van der Waals surface area contributed by atoms with Crippen molar-refractivity contribution in [2.45, 2.75) is 12.8 Å². The molecule has 1 aliphatic rings. The average Bonchev–Trinajstić information content (AvgIpc) is 3.63. The fraction of sp³-hybridized carbons (Fsp3) is 0.0500. The zero-order valence-electron chi connectivity index (χ0n) is 23.0. The van der Waals surface area contributed by atoms with Crippen molar-refractivity contribution in [1.29, 1.82) is 0 Å². The molecule has 1 N–H and O–H groups in total. The summed E-state index contributed by atoms with van der Waals surface area (Å²) in [4.78, 5) is 3.83. The Morgan fingerprint density at radius 2 is 1.31 bits per heavy atom. The first-order valence-corrected chi connectivity index (χ1v) is 15.5. The number of benzene rings is 6.